The lowest BCUT2D eigenvalue weighted by Gasteiger charge is -2.28. The van der Waals surface area contributed by atoms with E-state index in [2.05, 4.69) is 9.88 Å². The van der Waals surface area contributed by atoms with Crippen LogP contribution in [0.15, 0.2) is 66.2 Å². The van der Waals surface area contributed by atoms with Gasteiger partial charge >= 0.3 is 0 Å². The highest BCUT2D eigenvalue weighted by atomic mass is 35.5. The van der Waals surface area contributed by atoms with Crippen molar-refractivity contribution in [3.05, 3.63) is 88.2 Å². The van der Waals surface area contributed by atoms with Gasteiger partial charge in [0.25, 0.3) is 11.8 Å². The second-order valence-electron chi connectivity index (χ2n) is 6.93. The summed E-state index contributed by atoms with van der Waals surface area (Å²) in [5, 5.41) is 3.19. The number of thiocarbonyl (C=S) groups is 1. The summed E-state index contributed by atoms with van der Waals surface area (Å²) in [6, 6.07) is 18.6. The molecule has 1 aliphatic rings. The monoisotopic (exact) mass is 435 g/mol. The predicted molar refractivity (Wildman–Crippen MR) is 123 cm³/mol. The fourth-order valence-corrected chi connectivity index (χ4v) is 3.95. The number of anilines is 1. The Bertz CT molecular complexity index is 1200. The predicted octanol–water partition coefficient (Wildman–Crippen LogP) is 4.58. The van der Waals surface area contributed by atoms with E-state index in [4.69, 9.17) is 23.8 Å². The van der Waals surface area contributed by atoms with Gasteiger partial charge in [-0.1, -0.05) is 29.8 Å². The van der Waals surface area contributed by atoms with Crippen LogP contribution in [0.3, 0.4) is 0 Å². The van der Waals surface area contributed by atoms with Gasteiger partial charge < -0.3 is 4.57 Å². The lowest BCUT2D eigenvalue weighted by molar-refractivity contribution is -0.122. The molecule has 0 unspecified atom stereocenters. The zero-order valence-electron chi connectivity index (χ0n) is 16.3. The molecule has 2 aromatic carbocycles. The third-order valence-electron chi connectivity index (χ3n) is 4.97. The Morgan fingerprint density at radius 3 is 2.30 bits per heavy atom. The van der Waals surface area contributed by atoms with Crippen molar-refractivity contribution in [3.63, 3.8) is 0 Å². The molecule has 2 amide bonds. The molecule has 7 heteroatoms. The minimum absolute atomic E-state index is 0.0202. The molecule has 0 bridgehead atoms. The summed E-state index contributed by atoms with van der Waals surface area (Å²) in [5.74, 6) is -0.990. The number of aromatic nitrogens is 1. The molecule has 0 radical (unpaired) electrons. The number of amides is 2. The summed E-state index contributed by atoms with van der Waals surface area (Å²) >= 11 is 11.2. The molecule has 2 heterocycles. The summed E-state index contributed by atoms with van der Waals surface area (Å²) in [7, 11) is 0. The number of carbonyl (C=O) groups excluding carboxylic acids is 2. The SMILES string of the molecule is Cc1cc(C=C2C(=O)NC(=S)N(c3ccc(Cl)cc3)C2=O)c(C)n1-c1ccccc1. The standard InChI is InChI=1S/C23H18ClN3O2S/c1-14-12-16(15(2)26(14)18-6-4-3-5-7-18)13-20-21(28)25-23(30)27(22(20)29)19-10-8-17(24)9-11-19/h3-13H,1-2H3,(H,25,28,30). The fourth-order valence-electron chi connectivity index (χ4n) is 3.55. The smallest absolute Gasteiger partial charge is 0.270 e. The van der Waals surface area contributed by atoms with Gasteiger partial charge in [-0.2, -0.15) is 0 Å². The normalized spacial score (nSPS) is 15.6. The summed E-state index contributed by atoms with van der Waals surface area (Å²) in [6.45, 7) is 3.94. The molecule has 0 saturated carbocycles. The molecule has 30 heavy (non-hydrogen) atoms. The minimum atomic E-state index is -0.514. The Kier molecular flexibility index (Phi) is 5.28. The van der Waals surface area contributed by atoms with Crippen molar-refractivity contribution < 1.29 is 9.59 Å². The number of hydrogen-bond donors (Lipinski definition) is 1. The van der Waals surface area contributed by atoms with E-state index >= 15 is 0 Å². The van der Waals surface area contributed by atoms with Gasteiger partial charge in [0.15, 0.2) is 5.11 Å². The number of nitrogens with one attached hydrogen (secondary N) is 1. The first-order valence-corrected chi connectivity index (χ1v) is 10.1. The van der Waals surface area contributed by atoms with Crippen LogP contribution in [0.1, 0.15) is 17.0 Å². The van der Waals surface area contributed by atoms with E-state index in [9.17, 15) is 9.59 Å². The Morgan fingerprint density at radius 1 is 0.967 bits per heavy atom. The lowest BCUT2D eigenvalue weighted by Crippen LogP contribution is -2.54. The van der Waals surface area contributed by atoms with Gasteiger partial charge in [-0.3, -0.25) is 19.8 Å². The average molecular weight is 436 g/mol. The molecule has 3 aromatic rings. The number of rotatable bonds is 3. The van der Waals surface area contributed by atoms with Gasteiger partial charge in [-0.05, 0) is 80.2 Å². The van der Waals surface area contributed by atoms with Crippen molar-refractivity contribution in [2.45, 2.75) is 13.8 Å². The Balaban J connectivity index is 1.76. The summed E-state index contributed by atoms with van der Waals surface area (Å²) in [5.41, 5.74) is 4.29. The first-order valence-electron chi connectivity index (χ1n) is 9.28. The van der Waals surface area contributed by atoms with Gasteiger partial charge in [-0.25, -0.2) is 0 Å². The van der Waals surface area contributed by atoms with Gasteiger partial charge in [0.1, 0.15) is 5.57 Å². The van der Waals surface area contributed by atoms with Crippen LogP contribution in [0.4, 0.5) is 5.69 Å². The van der Waals surface area contributed by atoms with E-state index in [-0.39, 0.29) is 10.7 Å². The molecular formula is C23H18ClN3O2S. The molecule has 0 spiro atoms. The van der Waals surface area contributed by atoms with Crippen LogP contribution < -0.4 is 10.2 Å². The molecule has 1 aliphatic heterocycles. The minimum Gasteiger partial charge on any atom is -0.318 e. The van der Waals surface area contributed by atoms with E-state index in [1.54, 1.807) is 30.3 Å². The highest BCUT2D eigenvalue weighted by Gasteiger charge is 2.34. The summed E-state index contributed by atoms with van der Waals surface area (Å²) in [4.78, 5) is 27.1. The number of para-hydroxylation sites is 1. The Morgan fingerprint density at radius 2 is 1.63 bits per heavy atom. The van der Waals surface area contributed by atoms with E-state index in [0.29, 0.717) is 10.7 Å². The van der Waals surface area contributed by atoms with Gasteiger partial charge in [0, 0.05) is 22.1 Å². The van der Waals surface area contributed by atoms with E-state index in [1.165, 1.54) is 4.90 Å². The first kappa shape index (κ1) is 20.1. The second kappa shape index (κ2) is 7.89. The maximum absolute atomic E-state index is 13.2. The van der Waals surface area contributed by atoms with E-state index < -0.39 is 11.8 Å². The maximum atomic E-state index is 13.2. The number of benzene rings is 2. The summed E-state index contributed by atoms with van der Waals surface area (Å²) in [6.07, 6.45) is 1.62. The number of carbonyl (C=O) groups is 2. The van der Waals surface area contributed by atoms with Crippen LogP contribution in [0.2, 0.25) is 5.02 Å². The Labute approximate surface area is 184 Å². The third-order valence-corrected chi connectivity index (χ3v) is 5.51. The van der Waals surface area contributed by atoms with Crippen molar-refractivity contribution in [1.82, 2.24) is 9.88 Å². The molecule has 1 fully saturated rings. The number of hydrogen-bond acceptors (Lipinski definition) is 3. The second-order valence-corrected chi connectivity index (χ2v) is 7.75. The molecule has 1 aromatic heterocycles. The quantitative estimate of drug-likeness (QED) is 0.372. The zero-order chi connectivity index (χ0) is 21.4. The average Bonchev–Trinajstić information content (AvgIpc) is 3.00. The number of aryl methyl sites for hydroxylation is 1. The summed E-state index contributed by atoms with van der Waals surface area (Å²) < 4.78 is 2.08. The molecule has 5 nitrogen and oxygen atoms in total. The van der Waals surface area contributed by atoms with Crippen molar-refractivity contribution in [2.24, 2.45) is 0 Å². The van der Waals surface area contributed by atoms with E-state index in [1.807, 2.05) is 50.2 Å². The van der Waals surface area contributed by atoms with Gasteiger partial charge in [0.2, 0.25) is 0 Å². The van der Waals surface area contributed by atoms with Gasteiger partial charge in [0.05, 0.1) is 5.69 Å². The van der Waals surface area contributed by atoms with Crippen LogP contribution in [0.5, 0.6) is 0 Å². The lowest BCUT2D eigenvalue weighted by atomic mass is 10.1. The largest absolute Gasteiger partial charge is 0.318 e. The maximum Gasteiger partial charge on any atom is 0.270 e. The highest BCUT2D eigenvalue weighted by molar-refractivity contribution is 7.80. The molecular weight excluding hydrogens is 418 g/mol. The highest BCUT2D eigenvalue weighted by Crippen LogP contribution is 2.26. The fraction of sp³-hybridized carbons (Fsp3) is 0.0870. The molecule has 1 N–H and O–H groups in total. The molecule has 1 saturated heterocycles. The van der Waals surface area contributed by atoms with Crippen molar-refractivity contribution in [3.8, 4) is 5.69 Å². The molecule has 150 valence electrons. The molecule has 0 aliphatic carbocycles. The number of halogens is 1. The zero-order valence-corrected chi connectivity index (χ0v) is 17.9. The van der Waals surface area contributed by atoms with Crippen LogP contribution in [0.25, 0.3) is 11.8 Å². The van der Waals surface area contributed by atoms with Crippen LogP contribution >= 0.6 is 23.8 Å². The first-order chi connectivity index (χ1) is 14.4. The number of nitrogens with zero attached hydrogens (tertiary/aromatic N) is 2. The van der Waals surface area contributed by atoms with Crippen molar-refractivity contribution >= 4 is 52.5 Å². The molecule has 4 rings (SSSR count). The topological polar surface area (TPSA) is 54.3 Å². The molecule has 0 atom stereocenters. The third kappa shape index (κ3) is 3.56. The van der Waals surface area contributed by atoms with Crippen molar-refractivity contribution in [1.29, 1.82) is 0 Å². The Hall–Kier alpha value is -3.22. The van der Waals surface area contributed by atoms with Crippen LogP contribution in [-0.4, -0.2) is 21.5 Å². The van der Waals surface area contributed by atoms with Crippen LogP contribution in [-0.2, 0) is 9.59 Å². The van der Waals surface area contributed by atoms with Crippen LogP contribution in [0, 0.1) is 13.8 Å². The van der Waals surface area contributed by atoms with Gasteiger partial charge in [-0.15, -0.1) is 0 Å². The van der Waals surface area contributed by atoms with E-state index in [0.717, 1.165) is 22.6 Å². The van der Waals surface area contributed by atoms with Crippen molar-refractivity contribution in [2.75, 3.05) is 4.90 Å².